The van der Waals surface area contributed by atoms with Crippen LogP contribution in [0.5, 0.6) is 0 Å². The number of halogens is 1. The molecule has 3 aromatic carbocycles. The van der Waals surface area contributed by atoms with Crippen molar-refractivity contribution < 1.29 is 14.0 Å². The van der Waals surface area contributed by atoms with Crippen LogP contribution in [-0.2, 0) is 29.0 Å². The molecule has 39 heavy (non-hydrogen) atoms. The number of nitrogens with one attached hydrogen (secondary N) is 1. The first-order valence-corrected chi connectivity index (χ1v) is 14.0. The summed E-state index contributed by atoms with van der Waals surface area (Å²) in [6.07, 6.45) is 2.97. The summed E-state index contributed by atoms with van der Waals surface area (Å²) in [5.41, 5.74) is 3.38. The van der Waals surface area contributed by atoms with Gasteiger partial charge in [-0.25, -0.2) is 4.39 Å². The molecule has 1 fully saturated rings. The van der Waals surface area contributed by atoms with Crippen LogP contribution in [0, 0.1) is 12.7 Å². The molecule has 0 unspecified atom stereocenters. The normalized spacial score (nSPS) is 15.1. The number of likely N-dealkylation sites (tertiary alicyclic amines) is 1. The Morgan fingerprint density at radius 2 is 1.59 bits per heavy atom. The van der Waals surface area contributed by atoms with Gasteiger partial charge in [0, 0.05) is 39.1 Å². The Morgan fingerprint density at radius 1 is 0.897 bits per heavy atom. The fraction of sp³-hybridized carbons (Fsp3) is 0.394. The number of carbonyl (C=O) groups excluding carboxylic acids is 2. The molecule has 5 nitrogen and oxygen atoms in total. The second kappa shape index (κ2) is 13.5. The first-order valence-electron chi connectivity index (χ1n) is 14.0. The predicted molar refractivity (Wildman–Crippen MR) is 154 cm³/mol. The first kappa shape index (κ1) is 28.5. The maximum atomic E-state index is 14.0. The van der Waals surface area contributed by atoms with E-state index in [-0.39, 0.29) is 17.6 Å². The molecule has 1 saturated heterocycles. The quantitative estimate of drug-likeness (QED) is 0.366. The monoisotopic (exact) mass is 529 g/mol. The predicted octanol–water partition coefficient (Wildman–Crippen LogP) is 5.31. The van der Waals surface area contributed by atoms with Crippen molar-refractivity contribution in [3.05, 3.63) is 107 Å². The van der Waals surface area contributed by atoms with Crippen LogP contribution in [-0.4, -0.2) is 53.3 Å². The minimum Gasteiger partial charge on any atom is -0.354 e. The fourth-order valence-electron chi connectivity index (χ4n) is 5.42. The third-order valence-electron chi connectivity index (χ3n) is 7.84. The van der Waals surface area contributed by atoms with Crippen molar-refractivity contribution in [2.75, 3.05) is 26.2 Å². The zero-order valence-electron chi connectivity index (χ0n) is 23.2. The third kappa shape index (κ3) is 7.54. The lowest BCUT2D eigenvalue weighted by molar-refractivity contribution is -0.152. The summed E-state index contributed by atoms with van der Waals surface area (Å²) in [6, 6.07) is 25.1. The van der Waals surface area contributed by atoms with Gasteiger partial charge in [-0.15, -0.1) is 0 Å². The van der Waals surface area contributed by atoms with E-state index in [1.165, 1.54) is 17.7 Å². The standard InChI is InChI=1S/C33H40FN3O2/c1-3-31(38)37(25-29-14-12-26(2)13-15-29)33(32(39)35-20-16-28-10-7-11-30(34)24-28)18-22-36(23-19-33)21-17-27-8-5-4-6-9-27/h4-15,24H,3,16-23,25H2,1-2H3,(H,35,39). The van der Waals surface area contributed by atoms with Crippen molar-refractivity contribution in [3.63, 3.8) is 0 Å². The highest BCUT2D eigenvalue weighted by atomic mass is 19.1. The molecule has 1 heterocycles. The second-order valence-electron chi connectivity index (χ2n) is 10.6. The topological polar surface area (TPSA) is 52.7 Å². The van der Waals surface area contributed by atoms with Crippen molar-refractivity contribution in [3.8, 4) is 0 Å². The molecule has 0 spiro atoms. The van der Waals surface area contributed by atoms with Crippen molar-refractivity contribution in [2.24, 2.45) is 0 Å². The van der Waals surface area contributed by atoms with Crippen LogP contribution in [0.4, 0.5) is 4.39 Å². The summed E-state index contributed by atoms with van der Waals surface area (Å²) >= 11 is 0. The van der Waals surface area contributed by atoms with Gasteiger partial charge in [-0.3, -0.25) is 9.59 Å². The zero-order chi connectivity index (χ0) is 27.7. The average molecular weight is 530 g/mol. The lowest BCUT2D eigenvalue weighted by Crippen LogP contribution is -2.64. The number of nitrogens with zero attached hydrogens (tertiary/aromatic N) is 2. The number of aryl methyl sites for hydroxylation is 1. The van der Waals surface area contributed by atoms with E-state index in [1.54, 1.807) is 6.07 Å². The average Bonchev–Trinajstić information content (AvgIpc) is 2.96. The Kier molecular flexibility index (Phi) is 9.88. The van der Waals surface area contributed by atoms with E-state index in [9.17, 15) is 14.0 Å². The van der Waals surface area contributed by atoms with E-state index < -0.39 is 5.54 Å². The van der Waals surface area contributed by atoms with Crippen LogP contribution in [0.15, 0.2) is 78.9 Å². The largest absolute Gasteiger partial charge is 0.354 e. The highest BCUT2D eigenvalue weighted by molar-refractivity contribution is 5.91. The van der Waals surface area contributed by atoms with Crippen molar-refractivity contribution in [1.82, 2.24) is 15.1 Å². The molecule has 206 valence electrons. The molecule has 2 amide bonds. The second-order valence-corrected chi connectivity index (χ2v) is 10.6. The highest BCUT2D eigenvalue weighted by Crippen LogP contribution is 2.32. The first-order chi connectivity index (χ1) is 18.9. The molecular weight excluding hydrogens is 489 g/mol. The summed E-state index contributed by atoms with van der Waals surface area (Å²) in [5.74, 6) is -0.417. The van der Waals surface area contributed by atoms with Crippen molar-refractivity contribution in [2.45, 2.75) is 58.0 Å². The molecule has 0 radical (unpaired) electrons. The van der Waals surface area contributed by atoms with Crippen LogP contribution in [0.25, 0.3) is 0 Å². The molecule has 0 bridgehead atoms. The van der Waals surface area contributed by atoms with Crippen LogP contribution < -0.4 is 5.32 Å². The minimum atomic E-state index is -0.927. The molecule has 1 aliphatic heterocycles. The lowest BCUT2D eigenvalue weighted by Gasteiger charge is -2.47. The van der Waals surface area contributed by atoms with E-state index in [1.807, 2.05) is 55.1 Å². The van der Waals surface area contributed by atoms with E-state index in [0.717, 1.165) is 42.7 Å². The molecule has 1 N–H and O–H groups in total. The molecule has 4 rings (SSSR count). The molecule has 3 aromatic rings. The summed E-state index contributed by atoms with van der Waals surface area (Å²) in [5, 5.41) is 3.11. The smallest absolute Gasteiger partial charge is 0.246 e. The van der Waals surface area contributed by atoms with Gasteiger partial charge >= 0.3 is 0 Å². The van der Waals surface area contributed by atoms with Crippen molar-refractivity contribution in [1.29, 1.82) is 0 Å². The molecule has 0 aromatic heterocycles. The number of amides is 2. The van der Waals surface area contributed by atoms with Gasteiger partial charge in [-0.1, -0.05) is 79.2 Å². The van der Waals surface area contributed by atoms with Crippen molar-refractivity contribution >= 4 is 11.8 Å². The Morgan fingerprint density at radius 3 is 2.26 bits per heavy atom. The Bertz CT molecular complexity index is 1220. The molecule has 0 aliphatic carbocycles. The van der Waals surface area contributed by atoms with Gasteiger partial charge in [-0.05, 0) is 61.4 Å². The Labute approximate surface area is 232 Å². The molecular formula is C33H40FN3O2. The van der Waals surface area contributed by atoms with E-state index in [2.05, 4.69) is 34.5 Å². The van der Waals surface area contributed by atoms with E-state index >= 15 is 0 Å². The third-order valence-corrected chi connectivity index (χ3v) is 7.84. The fourth-order valence-corrected chi connectivity index (χ4v) is 5.42. The van der Waals surface area contributed by atoms with Gasteiger partial charge in [0.25, 0.3) is 0 Å². The van der Waals surface area contributed by atoms with Gasteiger partial charge in [0.1, 0.15) is 11.4 Å². The Balaban J connectivity index is 1.51. The maximum absolute atomic E-state index is 14.0. The number of benzene rings is 3. The van der Waals surface area contributed by atoms with Crippen LogP contribution >= 0.6 is 0 Å². The summed E-state index contributed by atoms with van der Waals surface area (Å²) in [4.78, 5) is 31.6. The van der Waals surface area contributed by atoms with E-state index in [4.69, 9.17) is 0 Å². The van der Waals surface area contributed by atoms with Gasteiger partial charge < -0.3 is 15.1 Å². The Hall–Kier alpha value is -3.51. The number of hydrogen-bond donors (Lipinski definition) is 1. The number of piperidine rings is 1. The number of rotatable bonds is 11. The van der Waals surface area contributed by atoms with Crippen LogP contribution in [0.3, 0.4) is 0 Å². The molecule has 0 saturated carbocycles. The zero-order valence-corrected chi connectivity index (χ0v) is 23.2. The summed E-state index contributed by atoms with van der Waals surface area (Å²) < 4.78 is 13.6. The lowest BCUT2D eigenvalue weighted by atomic mass is 9.83. The van der Waals surface area contributed by atoms with Gasteiger partial charge in [0.15, 0.2) is 0 Å². The maximum Gasteiger partial charge on any atom is 0.246 e. The SMILES string of the molecule is CCC(=O)N(Cc1ccc(C)cc1)C1(C(=O)NCCc2cccc(F)c2)CCN(CCc2ccccc2)CC1. The molecule has 6 heteroatoms. The summed E-state index contributed by atoms with van der Waals surface area (Å²) in [7, 11) is 0. The van der Waals surface area contributed by atoms with Gasteiger partial charge in [0.05, 0.1) is 0 Å². The number of carbonyl (C=O) groups is 2. The number of hydrogen-bond acceptors (Lipinski definition) is 3. The summed E-state index contributed by atoms with van der Waals surface area (Å²) in [6.45, 7) is 7.08. The van der Waals surface area contributed by atoms with Crippen LogP contribution in [0.2, 0.25) is 0 Å². The highest BCUT2D eigenvalue weighted by Gasteiger charge is 2.47. The van der Waals surface area contributed by atoms with E-state index in [0.29, 0.717) is 38.8 Å². The molecule has 1 aliphatic rings. The minimum absolute atomic E-state index is 0.0198. The van der Waals surface area contributed by atoms with Gasteiger partial charge in [0.2, 0.25) is 11.8 Å². The molecule has 0 atom stereocenters. The van der Waals surface area contributed by atoms with Gasteiger partial charge in [-0.2, -0.15) is 0 Å². The van der Waals surface area contributed by atoms with Crippen LogP contribution in [0.1, 0.15) is 48.4 Å².